The van der Waals surface area contributed by atoms with Gasteiger partial charge in [-0.15, -0.1) is 0 Å². The Labute approximate surface area is 61.7 Å². The summed E-state index contributed by atoms with van der Waals surface area (Å²) >= 11 is 0. The number of halogens is 2. The van der Waals surface area contributed by atoms with Crippen molar-refractivity contribution in [2.24, 2.45) is 0 Å². The Balaban J connectivity index is 2.92. The van der Waals surface area contributed by atoms with Crippen LogP contribution < -0.4 is 0 Å². The molecule has 0 radical (unpaired) electrons. The Morgan fingerprint density at radius 3 is 2.55 bits per heavy atom. The highest BCUT2D eigenvalue weighted by Gasteiger charge is 2.08. The molecule has 1 aromatic heterocycles. The van der Waals surface area contributed by atoms with Crippen molar-refractivity contribution in [2.45, 2.75) is 0 Å². The van der Waals surface area contributed by atoms with Crippen molar-refractivity contribution in [1.29, 1.82) is 0 Å². The fraction of sp³-hybridized carbons (Fsp3) is 0. The highest BCUT2D eigenvalue weighted by atomic mass is 19.2. The van der Waals surface area contributed by atoms with E-state index >= 15 is 0 Å². The molecule has 1 aromatic carbocycles. The van der Waals surface area contributed by atoms with Crippen LogP contribution in [0.3, 0.4) is 0 Å². The van der Waals surface area contributed by atoms with Gasteiger partial charge in [0.15, 0.2) is 5.82 Å². The minimum atomic E-state index is -0.897. The summed E-state index contributed by atoms with van der Waals surface area (Å²) in [5.74, 6) is -1.70. The number of para-hydroxylation sites is 1. The molecule has 2 aromatic rings. The summed E-state index contributed by atoms with van der Waals surface area (Å²) in [6.07, 6.45) is 0. The third-order valence-corrected chi connectivity index (χ3v) is 1.60. The van der Waals surface area contributed by atoms with Gasteiger partial charge < -0.3 is 4.98 Å². The number of nitrogens with one attached hydrogen (secondary N) is 1. The maximum atomic E-state index is 12.8. The fourth-order valence-electron chi connectivity index (χ4n) is 1.07. The first-order valence-corrected chi connectivity index (χ1v) is 3.21. The van der Waals surface area contributed by atoms with Gasteiger partial charge in [0.1, 0.15) is 0 Å². The molecular formula is C8H5F2N. The van der Waals surface area contributed by atoms with Crippen molar-refractivity contribution < 1.29 is 8.78 Å². The lowest BCUT2D eigenvalue weighted by atomic mass is 10.2. The quantitative estimate of drug-likeness (QED) is 0.598. The molecule has 0 fully saturated rings. The van der Waals surface area contributed by atoms with Crippen LogP contribution in [0.5, 0.6) is 0 Å². The molecule has 0 aliphatic carbocycles. The molecule has 1 nitrogen and oxygen atoms in total. The van der Waals surface area contributed by atoms with E-state index in [-0.39, 0.29) is 0 Å². The Bertz CT molecular complexity index is 392. The molecule has 0 spiro atoms. The zero-order chi connectivity index (χ0) is 7.84. The summed E-state index contributed by atoms with van der Waals surface area (Å²) < 4.78 is 25.3. The molecule has 11 heavy (non-hydrogen) atoms. The van der Waals surface area contributed by atoms with Gasteiger partial charge in [0.25, 0.3) is 0 Å². The Kier molecular flexibility index (Phi) is 1.18. The van der Waals surface area contributed by atoms with Gasteiger partial charge in [-0.3, -0.25) is 0 Å². The standard InChI is InChI=1S/C8H5F2N/c9-7-5-3-1-2-4-6(5)11-8(7)10/h1-4,11H. The van der Waals surface area contributed by atoms with E-state index < -0.39 is 11.8 Å². The van der Waals surface area contributed by atoms with E-state index in [1.165, 1.54) is 6.07 Å². The van der Waals surface area contributed by atoms with Crippen LogP contribution in [0.25, 0.3) is 10.9 Å². The molecule has 1 N–H and O–H groups in total. The first-order chi connectivity index (χ1) is 5.29. The molecule has 3 heteroatoms. The number of H-pyrrole nitrogens is 1. The fourth-order valence-corrected chi connectivity index (χ4v) is 1.07. The Morgan fingerprint density at radius 2 is 1.82 bits per heavy atom. The third kappa shape index (κ3) is 0.808. The molecule has 0 bridgehead atoms. The summed E-state index contributed by atoms with van der Waals surface area (Å²) in [6.45, 7) is 0. The van der Waals surface area contributed by atoms with Gasteiger partial charge in [0, 0.05) is 5.39 Å². The predicted molar refractivity (Wildman–Crippen MR) is 38.2 cm³/mol. The van der Waals surface area contributed by atoms with Crippen molar-refractivity contribution in [1.82, 2.24) is 4.98 Å². The second-order valence-corrected chi connectivity index (χ2v) is 2.30. The minimum Gasteiger partial charge on any atom is -0.329 e. The summed E-state index contributed by atoms with van der Waals surface area (Å²) in [5.41, 5.74) is 0.488. The number of hydrogen-bond acceptors (Lipinski definition) is 0. The van der Waals surface area contributed by atoms with Gasteiger partial charge in [-0.25, -0.2) is 4.39 Å². The van der Waals surface area contributed by atoms with E-state index in [0.717, 1.165) is 0 Å². The molecule has 0 unspecified atom stereocenters. The second kappa shape index (κ2) is 2.05. The lowest BCUT2D eigenvalue weighted by Crippen LogP contribution is -1.73. The number of fused-ring (bicyclic) bond motifs is 1. The molecule has 0 saturated heterocycles. The maximum absolute atomic E-state index is 12.8. The Hall–Kier alpha value is -1.38. The Morgan fingerprint density at radius 1 is 1.09 bits per heavy atom. The highest BCUT2D eigenvalue weighted by molar-refractivity contribution is 5.79. The normalized spacial score (nSPS) is 10.7. The van der Waals surface area contributed by atoms with Crippen LogP contribution in [-0.4, -0.2) is 4.98 Å². The van der Waals surface area contributed by atoms with E-state index in [0.29, 0.717) is 10.9 Å². The molecule has 2 rings (SSSR count). The monoisotopic (exact) mass is 153 g/mol. The van der Waals surface area contributed by atoms with Crippen LogP contribution >= 0.6 is 0 Å². The number of hydrogen-bond donors (Lipinski definition) is 1. The number of benzene rings is 1. The summed E-state index contributed by atoms with van der Waals surface area (Å²) in [7, 11) is 0. The van der Waals surface area contributed by atoms with E-state index in [1.54, 1.807) is 18.2 Å². The van der Waals surface area contributed by atoms with Crippen molar-refractivity contribution in [2.75, 3.05) is 0 Å². The van der Waals surface area contributed by atoms with Crippen molar-refractivity contribution in [3.05, 3.63) is 36.0 Å². The molecule has 1 heterocycles. The molecular weight excluding hydrogens is 148 g/mol. The molecule has 0 atom stereocenters. The first kappa shape index (κ1) is 6.34. The highest BCUT2D eigenvalue weighted by Crippen LogP contribution is 2.18. The summed E-state index contributed by atoms with van der Waals surface area (Å²) in [4.78, 5) is 2.29. The average molecular weight is 153 g/mol. The van der Waals surface area contributed by atoms with Crippen LogP contribution in [0.1, 0.15) is 0 Å². The maximum Gasteiger partial charge on any atom is 0.228 e. The van der Waals surface area contributed by atoms with Gasteiger partial charge in [-0.2, -0.15) is 4.39 Å². The molecule has 56 valence electrons. The third-order valence-electron chi connectivity index (χ3n) is 1.60. The topological polar surface area (TPSA) is 15.8 Å². The summed E-state index contributed by atoms with van der Waals surface area (Å²) in [5, 5.41) is 0.296. The van der Waals surface area contributed by atoms with Gasteiger partial charge in [0.05, 0.1) is 5.52 Å². The van der Waals surface area contributed by atoms with Gasteiger partial charge in [-0.05, 0) is 12.1 Å². The van der Waals surface area contributed by atoms with Crippen molar-refractivity contribution in [3.8, 4) is 0 Å². The lowest BCUT2D eigenvalue weighted by Gasteiger charge is -1.84. The number of rotatable bonds is 0. The zero-order valence-electron chi connectivity index (χ0n) is 5.57. The SMILES string of the molecule is Fc1[nH]c2ccccc2c1F. The van der Waals surface area contributed by atoms with Crippen LogP contribution in [0.15, 0.2) is 24.3 Å². The van der Waals surface area contributed by atoms with Crippen LogP contribution in [-0.2, 0) is 0 Å². The van der Waals surface area contributed by atoms with Crippen LogP contribution in [0.2, 0.25) is 0 Å². The predicted octanol–water partition coefficient (Wildman–Crippen LogP) is 2.45. The van der Waals surface area contributed by atoms with Gasteiger partial charge >= 0.3 is 0 Å². The van der Waals surface area contributed by atoms with E-state index in [1.807, 2.05) is 0 Å². The van der Waals surface area contributed by atoms with Crippen molar-refractivity contribution >= 4 is 10.9 Å². The van der Waals surface area contributed by atoms with E-state index in [9.17, 15) is 8.78 Å². The van der Waals surface area contributed by atoms with Crippen LogP contribution in [0.4, 0.5) is 8.78 Å². The smallest absolute Gasteiger partial charge is 0.228 e. The summed E-state index contributed by atoms with van der Waals surface area (Å²) in [6, 6.07) is 6.54. The minimum absolute atomic E-state index is 0.296. The largest absolute Gasteiger partial charge is 0.329 e. The lowest BCUT2D eigenvalue weighted by molar-refractivity contribution is 0.498. The number of aromatic amines is 1. The zero-order valence-corrected chi connectivity index (χ0v) is 5.57. The van der Waals surface area contributed by atoms with Gasteiger partial charge in [0.2, 0.25) is 5.95 Å². The van der Waals surface area contributed by atoms with Crippen LogP contribution in [0, 0.1) is 11.8 Å². The van der Waals surface area contributed by atoms with E-state index in [2.05, 4.69) is 4.98 Å². The average Bonchev–Trinajstić information content (AvgIpc) is 2.30. The van der Waals surface area contributed by atoms with Gasteiger partial charge in [-0.1, -0.05) is 12.1 Å². The second-order valence-electron chi connectivity index (χ2n) is 2.30. The molecule has 0 aliphatic heterocycles. The number of aromatic nitrogens is 1. The molecule has 0 saturated carbocycles. The van der Waals surface area contributed by atoms with Crippen molar-refractivity contribution in [3.63, 3.8) is 0 Å². The molecule has 0 amide bonds. The van der Waals surface area contributed by atoms with E-state index in [4.69, 9.17) is 0 Å². The first-order valence-electron chi connectivity index (χ1n) is 3.21. The molecule has 0 aliphatic rings.